The Kier molecular flexibility index (Phi) is 6.21. The van der Waals surface area contributed by atoms with Gasteiger partial charge in [-0.1, -0.05) is 13.8 Å². The van der Waals surface area contributed by atoms with E-state index in [1.807, 2.05) is 6.92 Å². The van der Waals surface area contributed by atoms with Gasteiger partial charge in [-0.2, -0.15) is 0 Å². The maximum atomic E-state index is 15.6. The molecule has 4 aliphatic carbocycles. The predicted molar refractivity (Wildman–Crippen MR) is 116 cm³/mol. The van der Waals surface area contributed by atoms with Gasteiger partial charge in [0.1, 0.15) is 18.1 Å². The van der Waals surface area contributed by atoms with Crippen molar-refractivity contribution in [1.82, 2.24) is 0 Å². The summed E-state index contributed by atoms with van der Waals surface area (Å²) in [5, 5.41) is 23.3. The molecule has 10 atom stereocenters. The van der Waals surface area contributed by atoms with E-state index in [0.29, 0.717) is 12.8 Å². The maximum Gasteiger partial charge on any atom is 0.303 e. The highest BCUT2D eigenvalue weighted by Crippen LogP contribution is 2.68. The van der Waals surface area contributed by atoms with E-state index in [1.165, 1.54) is 6.92 Å². The van der Waals surface area contributed by atoms with Gasteiger partial charge in [0.15, 0.2) is 12.2 Å². The first-order chi connectivity index (χ1) is 15.8. The van der Waals surface area contributed by atoms with Gasteiger partial charge in [0.05, 0.1) is 6.10 Å². The summed E-state index contributed by atoms with van der Waals surface area (Å²) in [5.74, 6) is -3.68. The lowest BCUT2D eigenvalue weighted by Gasteiger charge is -2.62. The number of alkyl halides is 1. The van der Waals surface area contributed by atoms with Gasteiger partial charge < -0.3 is 19.7 Å². The second-order valence-corrected chi connectivity index (χ2v) is 11.4. The van der Waals surface area contributed by atoms with Crippen molar-refractivity contribution >= 4 is 23.5 Å². The molecule has 0 aromatic heterocycles. The molecule has 0 aromatic carbocycles. The SMILES string of the molecule is CC(=O)OCC(=O)[C@@]1(O)C(OC(C)=O)CC2C3C[C@H](F)C4CC(=O)CCC4(C)C3C(O)CC21C. The van der Waals surface area contributed by atoms with E-state index in [9.17, 15) is 29.4 Å². The van der Waals surface area contributed by atoms with Crippen molar-refractivity contribution in [2.24, 2.45) is 34.5 Å². The molecule has 4 saturated carbocycles. The number of esters is 2. The largest absolute Gasteiger partial charge is 0.459 e. The Morgan fingerprint density at radius 3 is 2.41 bits per heavy atom. The van der Waals surface area contributed by atoms with Crippen LogP contribution >= 0.6 is 0 Å². The second kappa shape index (κ2) is 8.36. The smallest absolute Gasteiger partial charge is 0.303 e. The van der Waals surface area contributed by atoms with Gasteiger partial charge in [0, 0.05) is 38.0 Å². The standard InChI is InChI=1S/C25H35FO8/c1-12(27)33-11-20(31)25(32)21(34-13(2)28)9-16-15-8-18(26)17-7-14(29)5-6-23(17,3)22(15)19(30)10-24(16,25)4/h15-19,21-22,30,32H,5-11H2,1-4H3/t15?,16?,17?,18-,19?,21?,22?,23?,24?,25+/m0/s1. The quantitative estimate of drug-likeness (QED) is 0.582. The van der Waals surface area contributed by atoms with Crippen LogP contribution in [0.15, 0.2) is 0 Å². The van der Waals surface area contributed by atoms with Gasteiger partial charge in [-0.3, -0.25) is 19.2 Å². The lowest BCUT2D eigenvalue weighted by atomic mass is 9.43. The van der Waals surface area contributed by atoms with E-state index in [1.54, 1.807) is 6.92 Å². The van der Waals surface area contributed by atoms with E-state index < -0.39 is 71.0 Å². The first-order valence-corrected chi connectivity index (χ1v) is 12.2. The van der Waals surface area contributed by atoms with Crippen molar-refractivity contribution in [3.63, 3.8) is 0 Å². The summed E-state index contributed by atoms with van der Waals surface area (Å²) in [6, 6.07) is 0. The molecule has 0 aliphatic heterocycles. The third-order valence-corrected chi connectivity index (χ3v) is 9.72. The lowest BCUT2D eigenvalue weighted by molar-refractivity contribution is -0.216. The second-order valence-electron chi connectivity index (χ2n) is 11.4. The molecule has 4 fully saturated rings. The molecule has 0 saturated heterocycles. The number of aliphatic hydroxyl groups is 2. The molecule has 8 nitrogen and oxygen atoms in total. The molecule has 2 N–H and O–H groups in total. The average molecular weight is 483 g/mol. The topological polar surface area (TPSA) is 127 Å². The number of ketones is 2. The van der Waals surface area contributed by atoms with Crippen molar-refractivity contribution in [1.29, 1.82) is 0 Å². The van der Waals surface area contributed by atoms with Crippen LogP contribution in [0.4, 0.5) is 4.39 Å². The van der Waals surface area contributed by atoms with Crippen LogP contribution in [-0.4, -0.2) is 64.3 Å². The number of carbonyl (C=O) groups excluding carboxylic acids is 4. The van der Waals surface area contributed by atoms with E-state index >= 15 is 4.39 Å². The number of Topliss-reactive ketones (excluding diaryl/α,β-unsaturated/α-hetero) is 2. The van der Waals surface area contributed by atoms with Crippen LogP contribution in [-0.2, 0) is 28.7 Å². The van der Waals surface area contributed by atoms with Crippen LogP contribution in [0.2, 0.25) is 0 Å². The lowest BCUT2D eigenvalue weighted by Crippen LogP contribution is -2.66. The van der Waals surface area contributed by atoms with Crippen molar-refractivity contribution in [3.05, 3.63) is 0 Å². The Balaban J connectivity index is 1.75. The Morgan fingerprint density at radius 2 is 1.79 bits per heavy atom. The third kappa shape index (κ3) is 3.53. The molecule has 8 unspecified atom stereocenters. The summed E-state index contributed by atoms with van der Waals surface area (Å²) in [4.78, 5) is 48.6. The highest BCUT2D eigenvalue weighted by Gasteiger charge is 2.74. The van der Waals surface area contributed by atoms with Crippen molar-refractivity contribution in [2.45, 2.75) is 90.2 Å². The molecule has 4 rings (SSSR count). The average Bonchev–Trinajstić information content (AvgIpc) is 2.95. The molecule has 34 heavy (non-hydrogen) atoms. The van der Waals surface area contributed by atoms with Crippen molar-refractivity contribution < 1.29 is 43.3 Å². The fraction of sp³-hybridized carbons (Fsp3) is 0.840. The molecule has 0 radical (unpaired) electrons. The fourth-order valence-corrected chi connectivity index (χ4v) is 8.27. The summed E-state index contributed by atoms with van der Waals surface area (Å²) in [6.07, 6.45) is -2.10. The van der Waals surface area contributed by atoms with Crippen LogP contribution in [0.1, 0.15) is 66.2 Å². The summed E-state index contributed by atoms with van der Waals surface area (Å²) in [5.41, 5.74) is -4.01. The first-order valence-electron chi connectivity index (χ1n) is 12.2. The minimum atomic E-state index is -2.20. The van der Waals surface area contributed by atoms with Gasteiger partial charge in [-0.25, -0.2) is 4.39 Å². The van der Waals surface area contributed by atoms with Gasteiger partial charge in [0.2, 0.25) is 5.78 Å². The number of ether oxygens (including phenoxy) is 2. The van der Waals surface area contributed by atoms with Crippen LogP contribution in [0, 0.1) is 34.5 Å². The number of aliphatic hydroxyl groups excluding tert-OH is 1. The monoisotopic (exact) mass is 482 g/mol. The zero-order valence-electron chi connectivity index (χ0n) is 20.2. The minimum absolute atomic E-state index is 0.0416. The fourth-order valence-electron chi connectivity index (χ4n) is 8.27. The molecule has 0 heterocycles. The first kappa shape index (κ1) is 25.2. The number of carbonyl (C=O) groups is 4. The van der Waals surface area contributed by atoms with Crippen molar-refractivity contribution in [2.75, 3.05) is 6.61 Å². The Hall–Kier alpha value is -1.87. The molecule has 190 valence electrons. The number of halogens is 1. The van der Waals surface area contributed by atoms with Gasteiger partial charge in [0.25, 0.3) is 0 Å². The minimum Gasteiger partial charge on any atom is -0.459 e. The van der Waals surface area contributed by atoms with Gasteiger partial charge in [-0.05, 0) is 48.9 Å². The van der Waals surface area contributed by atoms with Crippen LogP contribution in [0.25, 0.3) is 0 Å². The highest BCUT2D eigenvalue weighted by atomic mass is 19.1. The molecule has 0 amide bonds. The van der Waals surface area contributed by atoms with Crippen LogP contribution < -0.4 is 0 Å². The highest BCUT2D eigenvalue weighted by molar-refractivity contribution is 5.92. The summed E-state index contributed by atoms with van der Waals surface area (Å²) >= 11 is 0. The summed E-state index contributed by atoms with van der Waals surface area (Å²) in [7, 11) is 0. The number of hydrogen-bond donors (Lipinski definition) is 2. The zero-order chi connectivity index (χ0) is 25.2. The predicted octanol–water partition coefficient (Wildman–Crippen LogP) is 1.92. The molecule has 4 aliphatic rings. The molecule has 0 bridgehead atoms. The Morgan fingerprint density at radius 1 is 1.12 bits per heavy atom. The third-order valence-electron chi connectivity index (χ3n) is 9.72. The van der Waals surface area contributed by atoms with Crippen LogP contribution in [0.3, 0.4) is 0 Å². The van der Waals surface area contributed by atoms with E-state index in [0.717, 1.165) is 6.92 Å². The Bertz CT molecular complexity index is 905. The maximum absolute atomic E-state index is 15.6. The number of hydrogen-bond acceptors (Lipinski definition) is 8. The molecule has 9 heteroatoms. The zero-order valence-corrected chi connectivity index (χ0v) is 20.2. The van der Waals surface area contributed by atoms with E-state index in [4.69, 9.17) is 9.47 Å². The molecular formula is C25H35FO8. The molecule has 0 aromatic rings. The normalized spacial score (nSPS) is 47.7. The molecular weight excluding hydrogens is 447 g/mol. The van der Waals surface area contributed by atoms with Crippen molar-refractivity contribution in [3.8, 4) is 0 Å². The van der Waals surface area contributed by atoms with E-state index in [-0.39, 0.29) is 43.3 Å². The van der Waals surface area contributed by atoms with Gasteiger partial charge >= 0.3 is 11.9 Å². The number of rotatable bonds is 4. The number of fused-ring (bicyclic) bond motifs is 5. The summed E-state index contributed by atoms with van der Waals surface area (Å²) in [6.45, 7) is 5.27. The Labute approximate surface area is 198 Å². The van der Waals surface area contributed by atoms with Crippen LogP contribution in [0.5, 0.6) is 0 Å². The van der Waals surface area contributed by atoms with Gasteiger partial charge in [-0.15, -0.1) is 0 Å². The van der Waals surface area contributed by atoms with E-state index in [2.05, 4.69) is 0 Å². The summed E-state index contributed by atoms with van der Waals surface area (Å²) < 4.78 is 25.9. The molecule has 0 spiro atoms.